The second-order valence-electron chi connectivity index (χ2n) is 3.29. The van der Waals surface area contributed by atoms with Gasteiger partial charge in [-0.15, -0.1) is 4.57 Å². The first-order valence-electron chi connectivity index (χ1n) is 4.68. The fourth-order valence-corrected chi connectivity index (χ4v) is 1.55. The van der Waals surface area contributed by atoms with E-state index in [4.69, 9.17) is 11.6 Å². The van der Waals surface area contributed by atoms with Gasteiger partial charge in [0.2, 0.25) is 5.69 Å². The van der Waals surface area contributed by atoms with Crippen LogP contribution >= 0.6 is 11.6 Å². The number of alkyl halides is 3. The molecule has 0 radical (unpaired) electrons. The van der Waals surface area contributed by atoms with E-state index >= 15 is 0 Å². The molecule has 0 saturated heterocycles. The molecule has 2 nitrogen and oxygen atoms in total. The van der Waals surface area contributed by atoms with E-state index in [1.807, 2.05) is 0 Å². The summed E-state index contributed by atoms with van der Waals surface area (Å²) in [7, 11) is 0. The average molecular weight is 295 g/mol. The molecular formula is C11H7Cl2F3N2. The Morgan fingerprint density at radius 3 is 2.33 bits per heavy atom. The van der Waals surface area contributed by atoms with Crippen molar-refractivity contribution < 1.29 is 30.1 Å². The lowest BCUT2D eigenvalue weighted by molar-refractivity contribution is -0.593. The SMILES string of the molecule is FC(F)(F)c1ccc(-[n+]2ccccc2Cl)cn1.[Cl-]. The predicted molar refractivity (Wildman–Crippen MR) is 55.8 cm³/mol. The van der Waals surface area contributed by atoms with Gasteiger partial charge in [0.15, 0.2) is 6.20 Å². The maximum Gasteiger partial charge on any atom is 0.433 e. The van der Waals surface area contributed by atoms with Crippen LogP contribution in [-0.4, -0.2) is 4.98 Å². The van der Waals surface area contributed by atoms with Gasteiger partial charge >= 0.3 is 6.18 Å². The van der Waals surface area contributed by atoms with Crippen molar-refractivity contribution in [3.05, 3.63) is 53.6 Å². The topological polar surface area (TPSA) is 16.8 Å². The minimum Gasteiger partial charge on any atom is -1.00 e. The highest BCUT2D eigenvalue weighted by Gasteiger charge is 2.32. The number of halogens is 5. The van der Waals surface area contributed by atoms with E-state index in [9.17, 15) is 13.2 Å². The molecule has 7 heteroatoms. The molecule has 0 bridgehead atoms. The van der Waals surface area contributed by atoms with Crippen LogP contribution in [0, 0.1) is 0 Å². The molecule has 0 aromatic carbocycles. The van der Waals surface area contributed by atoms with Gasteiger partial charge in [0, 0.05) is 18.2 Å². The van der Waals surface area contributed by atoms with E-state index in [2.05, 4.69) is 4.98 Å². The van der Waals surface area contributed by atoms with Crippen molar-refractivity contribution in [3.8, 4) is 5.69 Å². The van der Waals surface area contributed by atoms with Crippen molar-refractivity contribution in [3.63, 3.8) is 0 Å². The summed E-state index contributed by atoms with van der Waals surface area (Å²) >= 11 is 5.90. The van der Waals surface area contributed by atoms with Crippen molar-refractivity contribution in [1.29, 1.82) is 0 Å². The molecule has 0 fully saturated rings. The summed E-state index contributed by atoms with van der Waals surface area (Å²) in [5.41, 5.74) is -0.447. The molecule has 2 aromatic heterocycles. The Kier molecular flexibility index (Phi) is 4.53. The molecule has 18 heavy (non-hydrogen) atoms. The van der Waals surface area contributed by atoms with Gasteiger partial charge in [0.1, 0.15) is 5.69 Å². The summed E-state index contributed by atoms with van der Waals surface area (Å²) in [6.45, 7) is 0. The number of pyridine rings is 2. The lowest BCUT2D eigenvalue weighted by Gasteiger charge is -2.04. The third-order valence-electron chi connectivity index (χ3n) is 2.13. The quantitative estimate of drug-likeness (QED) is 0.536. The molecule has 0 amide bonds. The smallest absolute Gasteiger partial charge is 0.433 e. The molecule has 0 aliphatic rings. The largest absolute Gasteiger partial charge is 1.00 e. The summed E-state index contributed by atoms with van der Waals surface area (Å²) in [6, 6.07) is 7.34. The molecule has 0 N–H and O–H groups in total. The van der Waals surface area contributed by atoms with Crippen LogP contribution in [0.2, 0.25) is 5.15 Å². The Morgan fingerprint density at radius 1 is 1.11 bits per heavy atom. The molecule has 0 atom stereocenters. The van der Waals surface area contributed by atoms with Crippen LogP contribution in [0.5, 0.6) is 0 Å². The van der Waals surface area contributed by atoms with E-state index in [0.29, 0.717) is 10.8 Å². The first-order valence-corrected chi connectivity index (χ1v) is 5.06. The first-order chi connectivity index (χ1) is 7.98. The van der Waals surface area contributed by atoms with Crippen molar-refractivity contribution in [2.24, 2.45) is 0 Å². The Hall–Kier alpha value is -1.33. The van der Waals surface area contributed by atoms with Crippen molar-refractivity contribution in [1.82, 2.24) is 4.98 Å². The molecule has 2 heterocycles. The maximum atomic E-state index is 12.3. The van der Waals surface area contributed by atoms with Gasteiger partial charge in [-0.1, -0.05) is 0 Å². The minimum atomic E-state index is -4.43. The van der Waals surface area contributed by atoms with Gasteiger partial charge in [-0.25, -0.2) is 4.98 Å². The Balaban J connectivity index is 0.00000162. The number of nitrogens with zero attached hydrogens (tertiary/aromatic N) is 2. The van der Waals surface area contributed by atoms with Crippen LogP contribution < -0.4 is 17.0 Å². The molecule has 96 valence electrons. The monoisotopic (exact) mass is 294 g/mol. The van der Waals surface area contributed by atoms with E-state index in [0.717, 1.165) is 12.3 Å². The zero-order chi connectivity index (χ0) is 12.5. The molecule has 0 saturated carbocycles. The molecule has 2 rings (SSSR count). The van der Waals surface area contributed by atoms with Crippen LogP contribution in [-0.2, 0) is 6.18 Å². The Bertz CT molecular complexity index is 527. The molecule has 2 aromatic rings. The van der Waals surface area contributed by atoms with Crippen LogP contribution in [0.15, 0.2) is 42.7 Å². The molecule has 0 aliphatic carbocycles. The lowest BCUT2D eigenvalue weighted by Crippen LogP contribution is -3.00. The zero-order valence-electron chi connectivity index (χ0n) is 8.83. The number of rotatable bonds is 1. The van der Waals surface area contributed by atoms with Gasteiger partial charge in [0.05, 0.1) is 6.20 Å². The highest BCUT2D eigenvalue weighted by molar-refractivity contribution is 6.28. The van der Waals surface area contributed by atoms with Crippen LogP contribution in [0.3, 0.4) is 0 Å². The summed E-state index contributed by atoms with van der Waals surface area (Å²) in [5, 5.41) is 0.397. The summed E-state index contributed by atoms with van der Waals surface area (Å²) in [5.74, 6) is 0. The summed E-state index contributed by atoms with van der Waals surface area (Å²) in [4.78, 5) is 3.36. The lowest BCUT2D eigenvalue weighted by atomic mass is 10.3. The minimum absolute atomic E-state index is 0. The van der Waals surface area contributed by atoms with Crippen molar-refractivity contribution in [2.75, 3.05) is 0 Å². The maximum absolute atomic E-state index is 12.3. The molecule has 0 spiro atoms. The second kappa shape index (κ2) is 5.54. The van der Waals surface area contributed by atoms with Crippen LogP contribution in [0.25, 0.3) is 5.69 Å². The Labute approximate surface area is 112 Å². The van der Waals surface area contributed by atoms with E-state index in [1.165, 1.54) is 10.6 Å². The van der Waals surface area contributed by atoms with Crippen LogP contribution in [0.4, 0.5) is 13.2 Å². The van der Waals surface area contributed by atoms with E-state index < -0.39 is 11.9 Å². The third-order valence-corrected chi connectivity index (χ3v) is 2.43. The van der Waals surface area contributed by atoms with E-state index in [1.54, 1.807) is 24.4 Å². The first kappa shape index (κ1) is 14.7. The van der Waals surface area contributed by atoms with Gasteiger partial charge < -0.3 is 12.4 Å². The van der Waals surface area contributed by atoms with Crippen molar-refractivity contribution in [2.45, 2.75) is 6.18 Å². The standard InChI is InChI=1S/C11H7ClF3N2.ClH/c12-10-3-1-2-6-17(10)8-4-5-9(16-7-8)11(13,14)15;/h1-7H;1H/q+1;/p-1. The Morgan fingerprint density at radius 2 is 1.83 bits per heavy atom. The van der Waals surface area contributed by atoms with Crippen molar-refractivity contribution >= 4 is 11.6 Å². The van der Waals surface area contributed by atoms with Crippen LogP contribution in [0.1, 0.15) is 5.69 Å². The summed E-state index contributed by atoms with van der Waals surface area (Å²) in [6.07, 6.45) is -1.65. The zero-order valence-corrected chi connectivity index (χ0v) is 10.3. The summed E-state index contributed by atoms with van der Waals surface area (Å²) < 4.78 is 38.5. The van der Waals surface area contributed by atoms with Gasteiger partial charge in [0.25, 0.3) is 5.15 Å². The van der Waals surface area contributed by atoms with Gasteiger partial charge in [-0.3, -0.25) is 0 Å². The fourth-order valence-electron chi connectivity index (χ4n) is 1.33. The predicted octanol–water partition coefficient (Wildman–Crippen LogP) is 0.0345. The highest BCUT2D eigenvalue weighted by atomic mass is 35.5. The van der Waals surface area contributed by atoms with Gasteiger partial charge in [-0.2, -0.15) is 13.2 Å². The van der Waals surface area contributed by atoms with E-state index in [-0.39, 0.29) is 12.4 Å². The average Bonchev–Trinajstić information content (AvgIpc) is 2.29. The third kappa shape index (κ3) is 3.11. The van der Waals surface area contributed by atoms with Gasteiger partial charge in [-0.05, 0) is 23.7 Å². The normalized spacial score (nSPS) is 10.9. The molecule has 0 unspecified atom stereocenters. The fraction of sp³-hybridized carbons (Fsp3) is 0.0909. The number of aromatic nitrogens is 2. The number of hydrogen-bond donors (Lipinski definition) is 0. The molecule has 0 aliphatic heterocycles. The second-order valence-corrected chi connectivity index (χ2v) is 3.68. The molecular weight excluding hydrogens is 288 g/mol. The highest BCUT2D eigenvalue weighted by Crippen LogP contribution is 2.27. The number of hydrogen-bond acceptors (Lipinski definition) is 1.